The fourth-order valence-corrected chi connectivity index (χ4v) is 1.58. The van der Waals surface area contributed by atoms with E-state index in [1.807, 2.05) is 38.2 Å². The van der Waals surface area contributed by atoms with Crippen LogP contribution in [0.4, 0.5) is 0 Å². The van der Waals surface area contributed by atoms with Gasteiger partial charge in [-0.05, 0) is 43.8 Å². The molecule has 1 aromatic carbocycles. The predicted molar refractivity (Wildman–Crippen MR) is 68.3 cm³/mol. The van der Waals surface area contributed by atoms with Crippen molar-refractivity contribution in [1.29, 1.82) is 0 Å². The molecule has 3 nitrogen and oxygen atoms in total. The summed E-state index contributed by atoms with van der Waals surface area (Å²) < 4.78 is 5.76. The molecule has 0 amide bonds. The van der Waals surface area contributed by atoms with Crippen LogP contribution in [0.25, 0.3) is 0 Å². The van der Waals surface area contributed by atoms with Crippen molar-refractivity contribution >= 4 is 0 Å². The lowest BCUT2D eigenvalue weighted by Crippen LogP contribution is -2.04. The Hall–Kier alpha value is -1.87. The van der Waals surface area contributed by atoms with Crippen LogP contribution in [0.1, 0.15) is 11.3 Å². The van der Waals surface area contributed by atoms with Crippen molar-refractivity contribution in [3.8, 4) is 11.5 Å². The monoisotopic (exact) mass is 228 g/mol. The summed E-state index contributed by atoms with van der Waals surface area (Å²) in [7, 11) is 1.93. The SMILES string of the molecule is CNCc1ccc(Oc2cccnc2C)cc1. The fraction of sp³-hybridized carbons (Fsp3) is 0.214. The molecule has 0 fully saturated rings. The quantitative estimate of drug-likeness (QED) is 0.873. The molecule has 1 heterocycles. The molecule has 3 heteroatoms. The van der Waals surface area contributed by atoms with Gasteiger partial charge in [0.05, 0.1) is 5.69 Å². The van der Waals surface area contributed by atoms with Crippen molar-refractivity contribution < 1.29 is 4.74 Å². The first-order valence-electron chi connectivity index (χ1n) is 5.62. The van der Waals surface area contributed by atoms with Crippen LogP contribution in [0.5, 0.6) is 11.5 Å². The number of pyridine rings is 1. The fourth-order valence-electron chi connectivity index (χ4n) is 1.58. The highest BCUT2D eigenvalue weighted by Gasteiger charge is 2.01. The van der Waals surface area contributed by atoms with Crippen LogP contribution in [0.15, 0.2) is 42.6 Å². The van der Waals surface area contributed by atoms with E-state index in [1.54, 1.807) is 6.20 Å². The number of hydrogen-bond acceptors (Lipinski definition) is 3. The second-order valence-corrected chi connectivity index (χ2v) is 3.86. The van der Waals surface area contributed by atoms with Crippen molar-refractivity contribution in [3.63, 3.8) is 0 Å². The molecule has 0 atom stereocenters. The molecule has 0 radical (unpaired) electrons. The third-order valence-corrected chi connectivity index (χ3v) is 2.49. The molecule has 2 aromatic rings. The average molecular weight is 228 g/mol. The maximum absolute atomic E-state index is 5.76. The standard InChI is InChI=1S/C14H16N2O/c1-11-14(4-3-9-16-11)17-13-7-5-12(6-8-13)10-15-2/h3-9,15H,10H2,1-2H3. The maximum Gasteiger partial charge on any atom is 0.148 e. The minimum absolute atomic E-state index is 0.800. The second kappa shape index (κ2) is 5.46. The first-order valence-corrected chi connectivity index (χ1v) is 5.62. The van der Waals surface area contributed by atoms with E-state index < -0.39 is 0 Å². The van der Waals surface area contributed by atoms with Gasteiger partial charge in [-0.1, -0.05) is 12.1 Å². The Bertz CT molecular complexity index is 480. The Morgan fingerprint density at radius 1 is 1.18 bits per heavy atom. The lowest BCUT2D eigenvalue weighted by molar-refractivity contribution is 0.475. The summed E-state index contributed by atoms with van der Waals surface area (Å²) in [5, 5.41) is 3.11. The topological polar surface area (TPSA) is 34.1 Å². The van der Waals surface area contributed by atoms with Crippen molar-refractivity contribution in [2.45, 2.75) is 13.5 Å². The number of aryl methyl sites for hydroxylation is 1. The lowest BCUT2D eigenvalue weighted by Gasteiger charge is -2.08. The Kier molecular flexibility index (Phi) is 3.73. The van der Waals surface area contributed by atoms with Gasteiger partial charge in [0.15, 0.2) is 0 Å². The molecule has 0 unspecified atom stereocenters. The Morgan fingerprint density at radius 3 is 2.59 bits per heavy atom. The number of aromatic nitrogens is 1. The van der Waals surface area contributed by atoms with Crippen molar-refractivity contribution in [3.05, 3.63) is 53.9 Å². The highest BCUT2D eigenvalue weighted by Crippen LogP contribution is 2.23. The van der Waals surface area contributed by atoms with Crippen LogP contribution in [0.2, 0.25) is 0 Å². The number of hydrogen-bond donors (Lipinski definition) is 1. The average Bonchev–Trinajstić information content (AvgIpc) is 2.35. The summed E-state index contributed by atoms with van der Waals surface area (Å²) >= 11 is 0. The van der Waals surface area contributed by atoms with E-state index in [-0.39, 0.29) is 0 Å². The largest absolute Gasteiger partial charge is 0.455 e. The van der Waals surface area contributed by atoms with E-state index in [2.05, 4.69) is 22.4 Å². The van der Waals surface area contributed by atoms with Crippen LogP contribution >= 0.6 is 0 Å². The van der Waals surface area contributed by atoms with E-state index in [0.29, 0.717) is 0 Å². The smallest absolute Gasteiger partial charge is 0.148 e. The van der Waals surface area contributed by atoms with Crippen molar-refractivity contribution in [2.75, 3.05) is 7.05 Å². The zero-order chi connectivity index (χ0) is 12.1. The first-order chi connectivity index (χ1) is 8.29. The zero-order valence-electron chi connectivity index (χ0n) is 10.1. The zero-order valence-corrected chi connectivity index (χ0v) is 10.1. The summed E-state index contributed by atoms with van der Waals surface area (Å²) in [5.74, 6) is 1.63. The van der Waals surface area contributed by atoms with Gasteiger partial charge < -0.3 is 10.1 Å². The van der Waals surface area contributed by atoms with Gasteiger partial charge in [-0.15, -0.1) is 0 Å². The molecule has 0 saturated heterocycles. The van der Waals surface area contributed by atoms with E-state index in [9.17, 15) is 0 Å². The van der Waals surface area contributed by atoms with Crippen LogP contribution < -0.4 is 10.1 Å². The van der Waals surface area contributed by atoms with Crippen molar-refractivity contribution in [1.82, 2.24) is 10.3 Å². The van der Waals surface area contributed by atoms with Gasteiger partial charge in [0.25, 0.3) is 0 Å². The molecule has 17 heavy (non-hydrogen) atoms. The highest BCUT2D eigenvalue weighted by molar-refractivity contribution is 5.34. The molecule has 0 saturated carbocycles. The molecule has 0 bridgehead atoms. The summed E-state index contributed by atoms with van der Waals surface area (Å²) in [6.07, 6.45) is 1.76. The van der Waals surface area contributed by atoms with E-state index in [1.165, 1.54) is 5.56 Å². The summed E-state index contributed by atoms with van der Waals surface area (Å²) in [6.45, 7) is 2.80. The second-order valence-electron chi connectivity index (χ2n) is 3.86. The number of ether oxygens (including phenoxy) is 1. The van der Waals surface area contributed by atoms with Crippen molar-refractivity contribution in [2.24, 2.45) is 0 Å². The molecule has 1 aromatic heterocycles. The van der Waals surface area contributed by atoms with Gasteiger partial charge in [-0.25, -0.2) is 0 Å². The molecule has 2 rings (SSSR count). The van der Waals surface area contributed by atoms with Gasteiger partial charge >= 0.3 is 0 Å². The number of nitrogens with one attached hydrogen (secondary N) is 1. The molecular weight excluding hydrogens is 212 g/mol. The number of rotatable bonds is 4. The summed E-state index contributed by atoms with van der Waals surface area (Å²) in [5.41, 5.74) is 2.13. The third-order valence-electron chi connectivity index (χ3n) is 2.49. The normalized spacial score (nSPS) is 10.2. The van der Waals surface area contributed by atoms with Crippen LogP contribution in [-0.4, -0.2) is 12.0 Å². The number of nitrogens with zero attached hydrogens (tertiary/aromatic N) is 1. The molecule has 0 aliphatic rings. The summed E-state index contributed by atoms with van der Waals surface area (Å²) in [6, 6.07) is 11.8. The molecule has 88 valence electrons. The van der Waals surface area contributed by atoms with E-state index in [4.69, 9.17) is 4.74 Å². The molecule has 0 spiro atoms. The maximum atomic E-state index is 5.76. The van der Waals surface area contributed by atoms with Crippen LogP contribution in [0, 0.1) is 6.92 Å². The molecule has 0 aliphatic heterocycles. The van der Waals surface area contributed by atoms with Gasteiger partial charge in [0, 0.05) is 12.7 Å². The Labute approximate surface area is 101 Å². The molecule has 1 N–H and O–H groups in total. The Balaban J connectivity index is 2.11. The predicted octanol–water partition coefficient (Wildman–Crippen LogP) is 2.90. The highest BCUT2D eigenvalue weighted by atomic mass is 16.5. The van der Waals surface area contributed by atoms with Gasteiger partial charge in [-0.2, -0.15) is 0 Å². The van der Waals surface area contributed by atoms with Gasteiger partial charge in [-0.3, -0.25) is 4.98 Å². The van der Waals surface area contributed by atoms with E-state index in [0.717, 1.165) is 23.7 Å². The van der Waals surface area contributed by atoms with E-state index >= 15 is 0 Å². The van der Waals surface area contributed by atoms with Crippen LogP contribution in [-0.2, 0) is 6.54 Å². The molecule has 0 aliphatic carbocycles. The third kappa shape index (κ3) is 3.04. The lowest BCUT2D eigenvalue weighted by atomic mass is 10.2. The van der Waals surface area contributed by atoms with Gasteiger partial charge in [0.2, 0.25) is 0 Å². The minimum atomic E-state index is 0.800. The van der Waals surface area contributed by atoms with Crippen LogP contribution in [0.3, 0.4) is 0 Å². The molecular formula is C14H16N2O. The first kappa shape index (κ1) is 11.6. The summed E-state index contributed by atoms with van der Waals surface area (Å²) in [4.78, 5) is 4.19. The minimum Gasteiger partial charge on any atom is -0.455 e. The Morgan fingerprint density at radius 2 is 1.94 bits per heavy atom. The van der Waals surface area contributed by atoms with Gasteiger partial charge in [0.1, 0.15) is 11.5 Å². The number of benzene rings is 1.